The molecule has 3 nitrogen and oxygen atoms in total. The lowest BCUT2D eigenvalue weighted by Gasteiger charge is -2.04. The molecule has 1 heterocycles. The van der Waals surface area contributed by atoms with Crippen molar-refractivity contribution in [3.8, 4) is 0 Å². The van der Waals surface area contributed by atoms with E-state index in [2.05, 4.69) is 25.7 Å². The van der Waals surface area contributed by atoms with Crippen molar-refractivity contribution in [2.24, 2.45) is 0 Å². The zero-order valence-electron chi connectivity index (χ0n) is 7.79. The summed E-state index contributed by atoms with van der Waals surface area (Å²) in [7, 11) is 1.38. The first-order chi connectivity index (χ1) is 6.72. The van der Waals surface area contributed by atoms with Crippen LogP contribution in [0.1, 0.15) is 34.8 Å². The zero-order chi connectivity index (χ0) is 10.1. The van der Waals surface area contributed by atoms with Gasteiger partial charge < -0.3 is 4.74 Å². The van der Waals surface area contributed by atoms with E-state index in [0.717, 1.165) is 5.69 Å². The van der Waals surface area contributed by atoms with E-state index in [-0.39, 0.29) is 5.97 Å². The lowest BCUT2D eigenvalue weighted by Crippen LogP contribution is -2.04. The lowest BCUT2D eigenvalue weighted by atomic mass is 10.2. The normalized spacial score (nSPS) is 15.3. The van der Waals surface area contributed by atoms with Gasteiger partial charge in [-0.1, -0.05) is 0 Å². The number of halogens is 1. The minimum atomic E-state index is -0.318. The van der Waals surface area contributed by atoms with Crippen molar-refractivity contribution in [1.29, 1.82) is 0 Å². The second-order valence-electron chi connectivity index (χ2n) is 3.35. The van der Waals surface area contributed by atoms with Crippen LogP contribution in [0.2, 0.25) is 0 Å². The Labute approximate surface area is 90.6 Å². The number of nitrogens with zero attached hydrogens (tertiary/aromatic N) is 1. The summed E-state index contributed by atoms with van der Waals surface area (Å²) in [5.74, 6) is 0.229. The van der Waals surface area contributed by atoms with Crippen molar-refractivity contribution < 1.29 is 9.53 Å². The van der Waals surface area contributed by atoms with Crippen LogP contribution >= 0.6 is 15.9 Å². The third-order valence-corrected chi connectivity index (χ3v) is 2.91. The van der Waals surface area contributed by atoms with Crippen LogP contribution in [-0.2, 0) is 4.74 Å². The van der Waals surface area contributed by atoms with Gasteiger partial charge in [-0.3, -0.25) is 4.98 Å². The molecule has 0 bridgehead atoms. The number of esters is 1. The predicted octanol–water partition coefficient (Wildman–Crippen LogP) is 2.51. The Bertz CT molecular complexity index is 374. The molecule has 1 fully saturated rings. The molecule has 74 valence electrons. The van der Waals surface area contributed by atoms with E-state index >= 15 is 0 Å². The largest absolute Gasteiger partial charge is 0.465 e. The molecule has 0 radical (unpaired) electrons. The Morgan fingerprint density at radius 3 is 2.93 bits per heavy atom. The van der Waals surface area contributed by atoms with Gasteiger partial charge in [0.25, 0.3) is 0 Å². The maximum absolute atomic E-state index is 11.3. The van der Waals surface area contributed by atoms with Crippen LogP contribution in [0.4, 0.5) is 0 Å². The number of pyridine rings is 1. The smallest absolute Gasteiger partial charge is 0.339 e. The fourth-order valence-electron chi connectivity index (χ4n) is 1.32. The van der Waals surface area contributed by atoms with Gasteiger partial charge in [0.2, 0.25) is 0 Å². The summed E-state index contributed by atoms with van der Waals surface area (Å²) in [6.45, 7) is 0. The average Bonchev–Trinajstić information content (AvgIpc) is 3.01. The van der Waals surface area contributed by atoms with Crippen LogP contribution < -0.4 is 0 Å². The summed E-state index contributed by atoms with van der Waals surface area (Å²) in [4.78, 5) is 15.6. The summed E-state index contributed by atoms with van der Waals surface area (Å²) in [6, 6.07) is 1.81. The summed E-state index contributed by atoms with van der Waals surface area (Å²) in [5, 5.41) is 0. The molecule has 1 saturated carbocycles. The topological polar surface area (TPSA) is 39.2 Å². The van der Waals surface area contributed by atoms with E-state index in [1.165, 1.54) is 20.0 Å². The standard InChI is InChI=1S/C10H10BrNO2/c1-14-10(13)7-4-9(6-2-3-6)12-5-8(7)11/h4-6H,2-3H2,1H3. The quantitative estimate of drug-likeness (QED) is 0.763. The Morgan fingerprint density at radius 2 is 2.36 bits per heavy atom. The molecule has 0 N–H and O–H groups in total. The number of ether oxygens (including phenoxy) is 1. The van der Waals surface area contributed by atoms with Gasteiger partial charge in [-0.05, 0) is 34.8 Å². The summed E-state index contributed by atoms with van der Waals surface area (Å²) >= 11 is 3.28. The minimum absolute atomic E-state index is 0.318. The molecular weight excluding hydrogens is 246 g/mol. The van der Waals surface area contributed by atoms with Crippen molar-refractivity contribution in [2.75, 3.05) is 7.11 Å². The highest BCUT2D eigenvalue weighted by Crippen LogP contribution is 2.39. The lowest BCUT2D eigenvalue weighted by molar-refractivity contribution is 0.0599. The fraction of sp³-hybridized carbons (Fsp3) is 0.400. The molecule has 0 atom stereocenters. The highest BCUT2D eigenvalue weighted by atomic mass is 79.9. The molecule has 0 aliphatic heterocycles. The predicted molar refractivity (Wildman–Crippen MR) is 55.3 cm³/mol. The van der Waals surface area contributed by atoms with E-state index in [1.54, 1.807) is 6.20 Å². The van der Waals surface area contributed by atoms with Gasteiger partial charge in [-0.15, -0.1) is 0 Å². The molecule has 1 aromatic rings. The first kappa shape index (κ1) is 9.65. The van der Waals surface area contributed by atoms with Gasteiger partial charge in [0, 0.05) is 17.8 Å². The van der Waals surface area contributed by atoms with Crippen molar-refractivity contribution in [1.82, 2.24) is 4.98 Å². The molecule has 0 unspecified atom stereocenters. The maximum Gasteiger partial charge on any atom is 0.339 e. The second-order valence-corrected chi connectivity index (χ2v) is 4.21. The first-order valence-corrected chi connectivity index (χ1v) is 5.25. The van der Waals surface area contributed by atoms with Gasteiger partial charge in [-0.2, -0.15) is 0 Å². The second kappa shape index (κ2) is 3.69. The third kappa shape index (κ3) is 1.80. The van der Waals surface area contributed by atoms with Crippen LogP contribution in [0.3, 0.4) is 0 Å². The number of hydrogen-bond acceptors (Lipinski definition) is 3. The van der Waals surface area contributed by atoms with Gasteiger partial charge in [0.15, 0.2) is 0 Å². The van der Waals surface area contributed by atoms with Crippen LogP contribution in [-0.4, -0.2) is 18.1 Å². The van der Waals surface area contributed by atoms with Crippen molar-refractivity contribution >= 4 is 21.9 Å². The van der Waals surface area contributed by atoms with Gasteiger partial charge in [0.1, 0.15) is 0 Å². The van der Waals surface area contributed by atoms with Gasteiger partial charge in [0.05, 0.1) is 17.1 Å². The molecule has 1 aliphatic rings. The number of carbonyl (C=O) groups is 1. The molecule has 1 aliphatic carbocycles. The average molecular weight is 256 g/mol. The highest BCUT2D eigenvalue weighted by molar-refractivity contribution is 9.10. The van der Waals surface area contributed by atoms with Crippen LogP contribution in [0.15, 0.2) is 16.7 Å². The Balaban J connectivity index is 2.36. The molecular formula is C10H10BrNO2. The number of methoxy groups -OCH3 is 1. The molecule has 0 spiro atoms. The monoisotopic (exact) mass is 255 g/mol. The van der Waals surface area contributed by atoms with E-state index in [4.69, 9.17) is 0 Å². The Hall–Kier alpha value is -0.900. The molecule has 0 saturated heterocycles. The van der Waals surface area contributed by atoms with Crippen LogP contribution in [0.25, 0.3) is 0 Å². The third-order valence-electron chi connectivity index (χ3n) is 2.28. The highest BCUT2D eigenvalue weighted by Gasteiger charge is 2.26. The van der Waals surface area contributed by atoms with E-state index in [1.807, 2.05) is 6.07 Å². The van der Waals surface area contributed by atoms with Crippen molar-refractivity contribution in [2.45, 2.75) is 18.8 Å². The Morgan fingerprint density at radius 1 is 1.64 bits per heavy atom. The molecule has 0 aromatic carbocycles. The van der Waals surface area contributed by atoms with Crippen LogP contribution in [0.5, 0.6) is 0 Å². The number of carbonyl (C=O) groups excluding carboxylic acids is 1. The van der Waals surface area contributed by atoms with Crippen molar-refractivity contribution in [3.63, 3.8) is 0 Å². The molecule has 4 heteroatoms. The fourth-order valence-corrected chi connectivity index (χ4v) is 1.70. The van der Waals surface area contributed by atoms with E-state index in [9.17, 15) is 4.79 Å². The van der Waals surface area contributed by atoms with E-state index in [0.29, 0.717) is 16.0 Å². The van der Waals surface area contributed by atoms with Crippen molar-refractivity contribution in [3.05, 3.63) is 28.0 Å². The summed E-state index contributed by atoms with van der Waals surface area (Å²) in [5.41, 5.74) is 1.55. The summed E-state index contributed by atoms with van der Waals surface area (Å²) in [6.07, 6.45) is 4.02. The molecule has 2 rings (SSSR count). The molecule has 1 aromatic heterocycles. The van der Waals surface area contributed by atoms with E-state index < -0.39 is 0 Å². The van der Waals surface area contributed by atoms with Gasteiger partial charge in [-0.25, -0.2) is 4.79 Å². The zero-order valence-corrected chi connectivity index (χ0v) is 9.37. The van der Waals surface area contributed by atoms with Gasteiger partial charge >= 0.3 is 5.97 Å². The maximum atomic E-state index is 11.3. The SMILES string of the molecule is COC(=O)c1cc(C2CC2)ncc1Br. The number of hydrogen-bond donors (Lipinski definition) is 0. The molecule has 0 amide bonds. The van der Waals surface area contributed by atoms with Crippen LogP contribution in [0, 0.1) is 0 Å². The number of aromatic nitrogens is 1. The molecule has 14 heavy (non-hydrogen) atoms. The Kier molecular flexibility index (Phi) is 2.54. The summed E-state index contributed by atoms with van der Waals surface area (Å²) < 4.78 is 5.36. The number of rotatable bonds is 2. The first-order valence-electron chi connectivity index (χ1n) is 4.46. The minimum Gasteiger partial charge on any atom is -0.465 e.